The molecule has 92 valence electrons. The number of hydrogen-bond acceptors (Lipinski definition) is 3. The van der Waals surface area contributed by atoms with E-state index in [-0.39, 0.29) is 0 Å². The first kappa shape index (κ1) is 13.7. The van der Waals surface area contributed by atoms with Crippen LogP contribution in [-0.4, -0.2) is 18.3 Å². The van der Waals surface area contributed by atoms with Crippen LogP contribution in [0.5, 0.6) is 0 Å². The summed E-state index contributed by atoms with van der Waals surface area (Å²) >= 11 is 1.79. The third-order valence-corrected chi connectivity index (χ3v) is 3.53. The lowest BCUT2D eigenvalue weighted by Crippen LogP contribution is -2.24. The predicted octanol–water partition coefficient (Wildman–Crippen LogP) is 2.88. The Morgan fingerprint density at radius 1 is 1.44 bits per heavy atom. The van der Waals surface area contributed by atoms with Gasteiger partial charge in [-0.25, -0.2) is 0 Å². The van der Waals surface area contributed by atoms with E-state index in [0.717, 1.165) is 19.5 Å². The SMILES string of the molecule is CC(C)CC(CCO)CNCc1cccs1. The molecule has 0 aliphatic rings. The van der Waals surface area contributed by atoms with Gasteiger partial charge in [-0.05, 0) is 42.7 Å². The summed E-state index contributed by atoms with van der Waals surface area (Å²) in [6.07, 6.45) is 2.10. The van der Waals surface area contributed by atoms with Gasteiger partial charge in [-0.2, -0.15) is 0 Å². The molecule has 1 aromatic rings. The quantitative estimate of drug-likeness (QED) is 0.733. The second-order valence-electron chi connectivity index (χ2n) is 4.72. The molecule has 1 aromatic heterocycles. The van der Waals surface area contributed by atoms with Crippen molar-refractivity contribution in [2.45, 2.75) is 33.2 Å². The Kier molecular flexibility index (Phi) is 6.69. The van der Waals surface area contributed by atoms with Crippen molar-refractivity contribution in [1.29, 1.82) is 0 Å². The molecular formula is C13H23NOS. The molecule has 16 heavy (non-hydrogen) atoms. The molecule has 0 bridgehead atoms. The number of aliphatic hydroxyl groups excluding tert-OH is 1. The van der Waals surface area contributed by atoms with E-state index in [1.54, 1.807) is 11.3 Å². The molecule has 0 aliphatic carbocycles. The summed E-state index contributed by atoms with van der Waals surface area (Å²) in [6, 6.07) is 4.24. The van der Waals surface area contributed by atoms with Gasteiger partial charge >= 0.3 is 0 Å². The maximum Gasteiger partial charge on any atom is 0.0434 e. The standard InChI is InChI=1S/C13H23NOS/c1-11(2)8-12(5-6-15)9-14-10-13-4-3-7-16-13/h3-4,7,11-12,14-15H,5-6,8-10H2,1-2H3. The van der Waals surface area contributed by atoms with Gasteiger partial charge in [0.05, 0.1) is 0 Å². The van der Waals surface area contributed by atoms with E-state index < -0.39 is 0 Å². The van der Waals surface area contributed by atoms with Crippen LogP contribution in [0.1, 0.15) is 31.6 Å². The van der Waals surface area contributed by atoms with Crippen LogP contribution in [0.2, 0.25) is 0 Å². The van der Waals surface area contributed by atoms with Gasteiger partial charge < -0.3 is 10.4 Å². The molecule has 0 saturated heterocycles. The summed E-state index contributed by atoms with van der Waals surface area (Å²) < 4.78 is 0. The van der Waals surface area contributed by atoms with Gasteiger partial charge in [0.1, 0.15) is 0 Å². The number of aliphatic hydroxyl groups is 1. The second-order valence-corrected chi connectivity index (χ2v) is 5.75. The molecule has 1 unspecified atom stereocenters. The molecule has 2 nitrogen and oxygen atoms in total. The zero-order valence-corrected chi connectivity index (χ0v) is 11.1. The summed E-state index contributed by atoms with van der Waals surface area (Å²) in [5.74, 6) is 1.31. The van der Waals surface area contributed by atoms with E-state index in [2.05, 4.69) is 36.7 Å². The van der Waals surface area contributed by atoms with Crippen LogP contribution in [0.15, 0.2) is 17.5 Å². The van der Waals surface area contributed by atoms with Crippen molar-refractivity contribution < 1.29 is 5.11 Å². The number of hydrogen-bond donors (Lipinski definition) is 2. The maximum absolute atomic E-state index is 9.01. The van der Waals surface area contributed by atoms with Crippen molar-refractivity contribution in [2.24, 2.45) is 11.8 Å². The molecule has 0 saturated carbocycles. The fraction of sp³-hybridized carbons (Fsp3) is 0.692. The lowest BCUT2D eigenvalue weighted by Gasteiger charge is -2.18. The molecule has 0 aliphatic heterocycles. The summed E-state index contributed by atoms with van der Waals surface area (Å²) in [5.41, 5.74) is 0. The molecule has 0 aromatic carbocycles. The minimum absolute atomic E-state index is 0.304. The minimum atomic E-state index is 0.304. The fourth-order valence-electron chi connectivity index (χ4n) is 1.97. The van der Waals surface area contributed by atoms with Crippen molar-refractivity contribution in [1.82, 2.24) is 5.32 Å². The first-order valence-corrected chi connectivity index (χ1v) is 6.94. The highest BCUT2D eigenvalue weighted by atomic mass is 32.1. The molecule has 0 fully saturated rings. The molecule has 2 N–H and O–H groups in total. The average Bonchev–Trinajstić information content (AvgIpc) is 2.70. The fourth-order valence-corrected chi connectivity index (χ4v) is 2.64. The second kappa shape index (κ2) is 7.82. The van der Waals surface area contributed by atoms with Crippen LogP contribution in [0.3, 0.4) is 0 Å². The molecule has 0 spiro atoms. The van der Waals surface area contributed by atoms with Crippen LogP contribution in [0.4, 0.5) is 0 Å². The molecular weight excluding hydrogens is 218 g/mol. The monoisotopic (exact) mass is 241 g/mol. The Hall–Kier alpha value is -0.380. The molecule has 0 radical (unpaired) electrons. The lowest BCUT2D eigenvalue weighted by molar-refractivity contribution is 0.239. The first-order valence-electron chi connectivity index (χ1n) is 6.06. The van der Waals surface area contributed by atoms with Crippen molar-refractivity contribution in [2.75, 3.05) is 13.2 Å². The number of rotatable bonds is 8. The van der Waals surface area contributed by atoms with Crippen molar-refractivity contribution in [3.05, 3.63) is 22.4 Å². The van der Waals surface area contributed by atoms with Gasteiger partial charge in [-0.3, -0.25) is 0 Å². The third kappa shape index (κ3) is 5.64. The molecule has 3 heteroatoms. The summed E-state index contributed by atoms with van der Waals surface area (Å²) in [7, 11) is 0. The first-order chi connectivity index (χ1) is 7.72. The highest BCUT2D eigenvalue weighted by molar-refractivity contribution is 7.09. The summed E-state index contributed by atoms with van der Waals surface area (Å²) in [6.45, 7) is 6.75. The molecule has 1 heterocycles. The van der Waals surface area contributed by atoms with Gasteiger partial charge in [0.15, 0.2) is 0 Å². The highest BCUT2D eigenvalue weighted by Gasteiger charge is 2.10. The minimum Gasteiger partial charge on any atom is -0.396 e. The van der Waals surface area contributed by atoms with Crippen molar-refractivity contribution >= 4 is 11.3 Å². The number of nitrogens with one attached hydrogen (secondary N) is 1. The Balaban J connectivity index is 2.21. The van der Waals surface area contributed by atoms with E-state index >= 15 is 0 Å². The van der Waals surface area contributed by atoms with E-state index in [0.29, 0.717) is 18.4 Å². The molecule has 1 rings (SSSR count). The maximum atomic E-state index is 9.01. The Morgan fingerprint density at radius 3 is 2.81 bits per heavy atom. The Bertz CT molecular complexity index is 259. The summed E-state index contributed by atoms with van der Waals surface area (Å²) in [4.78, 5) is 1.38. The lowest BCUT2D eigenvalue weighted by atomic mass is 9.94. The summed E-state index contributed by atoms with van der Waals surface area (Å²) in [5, 5.41) is 14.6. The van der Waals surface area contributed by atoms with Crippen LogP contribution in [0, 0.1) is 11.8 Å². The van der Waals surface area contributed by atoms with Gasteiger partial charge in [0.2, 0.25) is 0 Å². The van der Waals surface area contributed by atoms with Crippen molar-refractivity contribution in [3.63, 3.8) is 0 Å². The van der Waals surface area contributed by atoms with Gasteiger partial charge in [0, 0.05) is 18.0 Å². The average molecular weight is 241 g/mol. The smallest absolute Gasteiger partial charge is 0.0434 e. The molecule has 0 amide bonds. The van der Waals surface area contributed by atoms with Crippen LogP contribution in [0.25, 0.3) is 0 Å². The van der Waals surface area contributed by atoms with Crippen molar-refractivity contribution in [3.8, 4) is 0 Å². The predicted molar refractivity (Wildman–Crippen MR) is 70.7 cm³/mol. The topological polar surface area (TPSA) is 32.3 Å². The van der Waals surface area contributed by atoms with Gasteiger partial charge in [0.25, 0.3) is 0 Å². The van der Waals surface area contributed by atoms with E-state index in [4.69, 9.17) is 5.11 Å². The third-order valence-electron chi connectivity index (χ3n) is 2.65. The highest BCUT2D eigenvalue weighted by Crippen LogP contribution is 2.15. The Morgan fingerprint density at radius 2 is 2.25 bits per heavy atom. The number of thiophene rings is 1. The normalized spacial score (nSPS) is 13.2. The van der Waals surface area contributed by atoms with E-state index in [1.165, 1.54) is 11.3 Å². The van der Waals surface area contributed by atoms with E-state index in [9.17, 15) is 0 Å². The van der Waals surface area contributed by atoms with Crippen LogP contribution in [-0.2, 0) is 6.54 Å². The van der Waals surface area contributed by atoms with E-state index in [1.807, 2.05) is 0 Å². The van der Waals surface area contributed by atoms with Gasteiger partial charge in [-0.1, -0.05) is 19.9 Å². The largest absolute Gasteiger partial charge is 0.396 e. The molecule has 1 atom stereocenters. The zero-order valence-electron chi connectivity index (χ0n) is 10.3. The van der Waals surface area contributed by atoms with Crippen LogP contribution < -0.4 is 5.32 Å². The van der Waals surface area contributed by atoms with Gasteiger partial charge in [-0.15, -0.1) is 11.3 Å². The van der Waals surface area contributed by atoms with Crippen LogP contribution >= 0.6 is 11.3 Å². The zero-order chi connectivity index (χ0) is 11.8. The Labute approximate surface area is 103 Å².